The summed E-state index contributed by atoms with van der Waals surface area (Å²) in [7, 11) is 1.87. The van der Waals surface area contributed by atoms with Crippen LogP contribution in [-0.4, -0.2) is 13.0 Å². The molecule has 0 bridgehead atoms. The third-order valence-corrected chi connectivity index (χ3v) is 5.02. The van der Waals surface area contributed by atoms with Crippen molar-refractivity contribution in [2.24, 2.45) is 5.92 Å². The van der Waals surface area contributed by atoms with E-state index in [9.17, 15) is 4.79 Å². The third-order valence-electron chi connectivity index (χ3n) is 4.68. The molecule has 0 aromatic heterocycles. The number of anilines is 1. The summed E-state index contributed by atoms with van der Waals surface area (Å²) in [5, 5.41) is 0.761. The predicted octanol–water partition coefficient (Wildman–Crippen LogP) is 4.72. The SMILES string of the molecule is Cc1cccc(N(C)C(=O)C2CC2c2ccccc2Cl)c1C. The van der Waals surface area contributed by atoms with E-state index in [1.54, 1.807) is 4.90 Å². The normalized spacial score (nSPS) is 19.8. The minimum absolute atomic E-state index is 0.0461. The topological polar surface area (TPSA) is 20.3 Å². The van der Waals surface area contributed by atoms with Crippen molar-refractivity contribution in [3.63, 3.8) is 0 Å². The molecule has 0 radical (unpaired) electrons. The van der Waals surface area contributed by atoms with Gasteiger partial charge in [0.05, 0.1) is 0 Å². The molecule has 1 saturated carbocycles. The van der Waals surface area contributed by atoms with E-state index in [0.717, 1.165) is 28.3 Å². The summed E-state index contributed by atoms with van der Waals surface area (Å²) < 4.78 is 0. The number of benzene rings is 2. The van der Waals surface area contributed by atoms with Gasteiger partial charge in [-0.25, -0.2) is 0 Å². The molecule has 2 atom stereocenters. The van der Waals surface area contributed by atoms with Gasteiger partial charge in [-0.2, -0.15) is 0 Å². The predicted molar refractivity (Wildman–Crippen MR) is 91.6 cm³/mol. The molecule has 2 unspecified atom stereocenters. The summed E-state index contributed by atoms with van der Waals surface area (Å²) in [4.78, 5) is 14.5. The number of carbonyl (C=O) groups is 1. The Morgan fingerprint density at radius 1 is 1.14 bits per heavy atom. The van der Waals surface area contributed by atoms with Gasteiger partial charge in [0, 0.05) is 23.7 Å². The first-order chi connectivity index (χ1) is 10.5. The van der Waals surface area contributed by atoms with E-state index in [0.29, 0.717) is 0 Å². The molecular formula is C19H20ClNO. The van der Waals surface area contributed by atoms with Crippen LogP contribution in [0.1, 0.15) is 29.0 Å². The van der Waals surface area contributed by atoms with Crippen LogP contribution in [0.4, 0.5) is 5.69 Å². The number of rotatable bonds is 3. The monoisotopic (exact) mass is 313 g/mol. The Bertz CT molecular complexity index is 725. The summed E-state index contributed by atoms with van der Waals surface area (Å²) in [6.45, 7) is 4.13. The molecule has 1 aliphatic rings. The fourth-order valence-corrected chi connectivity index (χ4v) is 3.33. The molecule has 2 aromatic rings. The smallest absolute Gasteiger partial charge is 0.230 e. The largest absolute Gasteiger partial charge is 0.315 e. The van der Waals surface area contributed by atoms with Gasteiger partial charge in [-0.05, 0) is 55.0 Å². The number of hydrogen-bond donors (Lipinski definition) is 0. The summed E-state index contributed by atoms with van der Waals surface area (Å²) in [6.07, 6.45) is 0.887. The van der Waals surface area contributed by atoms with Gasteiger partial charge in [0.2, 0.25) is 5.91 Å². The van der Waals surface area contributed by atoms with Gasteiger partial charge >= 0.3 is 0 Å². The van der Waals surface area contributed by atoms with Gasteiger partial charge in [-0.1, -0.05) is 41.9 Å². The van der Waals surface area contributed by atoms with Crippen LogP contribution in [0.2, 0.25) is 5.02 Å². The van der Waals surface area contributed by atoms with Crippen LogP contribution in [0.3, 0.4) is 0 Å². The molecule has 0 N–H and O–H groups in total. The van der Waals surface area contributed by atoms with Crippen LogP contribution in [0.15, 0.2) is 42.5 Å². The van der Waals surface area contributed by atoms with E-state index in [1.807, 2.05) is 43.4 Å². The lowest BCUT2D eigenvalue weighted by atomic mass is 10.1. The van der Waals surface area contributed by atoms with E-state index >= 15 is 0 Å². The van der Waals surface area contributed by atoms with Crippen LogP contribution in [-0.2, 0) is 4.79 Å². The zero-order valence-electron chi connectivity index (χ0n) is 13.1. The second kappa shape index (κ2) is 5.77. The molecule has 0 aliphatic heterocycles. The fourth-order valence-electron chi connectivity index (χ4n) is 3.05. The van der Waals surface area contributed by atoms with Crippen LogP contribution in [0.5, 0.6) is 0 Å². The van der Waals surface area contributed by atoms with Crippen molar-refractivity contribution < 1.29 is 4.79 Å². The highest BCUT2D eigenvalue weighted by Gasteiger charge is 2.46. The van der Waals surface area contributed by atoms with Gasteiger partial charge < -0.3 is 4.90 Å². The molecule has 0 heterocycles. The molecule has 2 nitrogen and oxygen atoms in total. The Hall–Kier alpha value is -1.80. The average molecular weight is 314 g/mol. The molecule has 3 heteroatoms. The lowest BCUT2D eigenvalue weighted by molar-refractivity contribution is -0.119. The van der Waals surface area contributed by atoms with Crippen molar-refractivity contribution in [3.05, 3.63) is 64.2 Å². The number of carbonyl (C=O) groups excluding carboxylic acids is 1. The second-order valence-corrected chi connectivity index (χ2v) is 6.49. The van der Waals surface area contributed by atoms with Gasteiger partial charge in [0.1, 0.15) is 0 Å². The Labute approximate surface area is 136 Å². The van der Waals surface area contributed by atoms with Crippen molar-refractivity contribution >= 4 is 23.2 Å². The van der Waals surface area contributed by atoms with Crippen molar-refractivity contribution in [2.45, 2.75) is 26.2 Å². The van der Waals surface area contributed by atoms with Gasteiger partial charge in [0.15, 0.2) is 0 Å². The van der Waals surface area contributed by atoms with E-state index in [1.165, 1.54) is 5.56 Å². The molecule has 3 rings (SSSR count). The molecule has 22 heavy (non-hydrogen) atoms. The van der Waals surface area contributed by atoms with Crippen LogP contribution in [0.25, 0.3) is 0 Å². The maximum Gasteiger partial charge on any atom is 0.230 e. The highest BCUT2D eigenvalue weighted by Crippen LogP contribution is 2.50. The third kappa shape index (κ3) is 2.64. The first-order valence-corrected chi connectivity index (χ1v) is 7.96. The van der Waals surface area contributed by atoms with Crippen LogP contribution < -0.4 is 4.90 Å². The molecule has 2 aromatic carbocycles. The Morgan fingerprint density at radius 2 is 1.86 bits per heavy atom. The second-order valence-electron chi connectivity index (χ2n) is 6.09. The molecule has 114 valence electrons. The fraction of sp³-hybridized carbons (Fsp3) is 0.316. The van der Waals surface area contributed by atoms with Gasteiger partial charge in [-0.15, -0.1) is 0 Å². The van der Waals surface area contributed by atoms with Crippen molar-refractivity contribution in [2.75, 3.05) is 11.9 Å². The van der Waals surface area contributed by atoms with E-state index in [-0.39, 0.29) is 17.7 Å². The molecular weight excluding hydrogens is 294 g/mol. The van der Waals surface area contributed by atoms with Crippen LogP contribution in [0, 0.1) is 19.8 Å². The maximum absolute atomic E-state index is 12.7. The summed E-state index contributed by atoms with van der Waals surface area (Å²) in [5.41, 5.74) is 4.45. The quantitative estimate of drug-likeness (QED) is 0.802. The lowest BCUT2D eigenvalue weighted by Crippen LogP contribution is -2.29. The van der Waals surface area contributed by atoms with Crippen LogP contribution >= 0.6 is 11.6 Å². The highest BCUT2D eigenvalue weighted by atomic mass is 35.5. The van der Waals surface area contributed by atoms with Crippen molar-refractivity contribution in [3.8, 4) is 0 Å². The number of hydrogen-bond acceptors (Lipinski definition) is 1. The minimum Gasteiger partial charge on any atom is -0.315 e. The van der Waals surface area contributed by atoms with Gasteiger partial charge in [-0.3, -0.25) is 4.79 Å². The number of halogens is 1. The first-order valence-electron chi connectivity index (χ1n) is 7.59. The van der Waals surface area contributed by atoms with Gasteiger partial charge in [0.25, 0.3) is 0 Å². The van der Waals surface area contributed by atoms with E-state index in [2.05, 4.69) is 19.9 Å². The molecule has 1 fully saturated rings. The average Bonchev–Trinajstić information content (AvgIpc) is 3.29. The zero-order chi connectivity index (χ0) is 15.9. The van der Waals surface area contributed by atoms with Crippen molar-refractivity contribution in [1.29, 1.82) is 0 Å². The Balaban J connectivity index is 1.79. The number of aryl methyl sites for hydroxylation is 1. The molecule has 1 amide bonds. The Kier molecular flexibility index (Phi) is 3.96. The number of amides is 1. The van der Waals surface area contributed by atoms with E-state index < -0.39 is 0 Å². The highest BCUT2D eigenvalue weighted by molar-refractivity contribution is 6.31. The summed E-state index contributed by atoms with van der Waals surface area (Å²) in [5.74, 6) is 0.484. The zero-order valence-corrected chi connectivity index (χ0v) is 13.9. The first kappa shape index (κ1) is 15.1. The van der Waals surface area contributed by atoms with E-state index in [4.69, 9.17) is 11.6 Å². The Morgan fingerprint density at radius 3 is 2.59 bits per heavy atom. The number of nitrogens with zero attached hydrogens (tertiary/aromatic N) is 1. The standard InChI is InChI=1S/C19H20ClNO/c1-12-7-6-10-18(13(12)2)21(3)19(22)16-11-15(16)14-8-4-5-9-17(14)20/h4-10,15-16H,11H2,1-3H3. The molecule has 0 spiro atoms. The summed E-state index contributed by atoms with van der Waals surface area (Å²) >= 11 is 6.25. The maximum atomic E-state index is 12.7. The summed E-state index contributed by atoms with van der Waals surface area (Å²) in [6, 6.07) is 13.9. The minimum atomic E-state index is 0.0461. The molecule has 0 saturated heterocycles. The molecule has 1 aliphatic carbocycles. The van der Waals surface area contributed by atoms with Crippen molar-refractivity contribution in [1.82, 2.24) is 0 Å². The lowest BCUT2D eigenvalue weighted by Gasteiger charge is -2.21.